The van der Waals surface area contributed by atoms with Gasteiger partial charge >= 0.3 is 12.0 Å². The lowest BCUT2D eigenvalue weighted by Crippen LogP contribution is -2.53. The van der Waals surface area contributed by atoms with Gasteiger partial charge in [-0.25, -0.2) is 9.59 Å². The summed E-state index contributed by atoms with van der Waals surface area (Å²) in [7, 11) is 0. The number of carboxylic acid groups (broad SMARTS) is 1. The van der Waals surface area contributed by atoms with E-state index in [9.17, 15) is 19.2 Å². The van der Waals surface area contributed by atoms with E-state index in [0.717, 1.165) is 4.90 Å². The second-order valence-corrected chi connectivity index (χ2v) is 6.38. The van der Waals surface area contributed by atoms with Crippen molar-refractivity contribution in [2.75, 3.05) is 0 Å². The molecule has 0 unspecified atom stereocenters. The number of hydrogen-bond donors (Lipinski definition) is 2. The summed E-state index contributed by atoms with van der Waals surface area (Å²) in [6.45, 7) is -0.131. The molecule has 3 heterocycles. The van der Waals surface area contributed by atoms with E-state index in [1.807, 2.05) is 0 Å². The highest BCUT2D eigenvalue weighted by molar-refractivity contribution is 6.30. The maximum atomic E-state index is 12.7. The molecule has 0 aliphatic carbocycles. The number of amides is 4. The molecule has 1 saturated heterocycles. The molecule has 30 heavy (non-hydrogen) atoms. The number of rotatable bonds is 5. The van der Waals surface area contributed by atoms with Gasteiger partial charge in [0.05, 0.1) is 18.4 Å². The van der Waals surface area contributed by atoms with Gasteiger partial charge < -0.3 is 13.9 Å². The second kappa shape index (κ2) is 7.55. The quantitative estimate of drug-likeness (QED) is 0.492. The number of furan rings is 2. The van der Waals surface area contributed by atoms with Crippen molar-refractivity contribution < 1.29 is 33.1 Å². The zero-order valence-electron chi connectivity index (χ0n) is 15.3. The number of imide groups is 2. The summed E-state index contributed by atoms with van der Waals surface area (Å²) in [5.74, 6) is -1.77. The fourth-order valence-electron chi connectivity index (χ4n) is 2.93. The molecule has 1 aliphatic heterocycles. The normalized spacial score (nSPS) is 15.5. The number of urea groups is 1. The third-order valence-corrected chi connectivity index (χ3v) is 4.39. The largest absolute Gasteiger partial charge is 0.478 e. The van der Waals surface area contributed by atoms with E-state index < -0.39 is 23.8 Å². The molecule has 0 bridgehead atoms. The maximum absolute atomic E-state index is 12.7. The Bertz CT molecular complexity index is 1190. The molecule has 0 saturated carbocycles. The standard InChI is InChI=1S/C21H14N2O7/c24-18-16(19(25)23(21(28)22-18)11-15-5-2-8-29-15)10-14-6-7-17(30-14)12-3-1-4-13(9-12)20(26)27/h1-10H,11H2,(H,26,27)(H,22,24,28)/b16-10-. The average molecular weight is 406 g/mol. The lowest BCUT2D eigenvalue weighted by atomic mass is 10.1. The maximum Gasteiger partial charge on any atom is 0.335 e. The van der Waals surface area contributed by atoms with Crippen LogP contribution in [0.1, 0.15) is 21.9 Å². The Morgan fingerprint density at radius 2 is 1.93 bits per heavy atom. The molecule has 2 aromatic heterocycles. The number of barbiturate groups is 1. The number of nitrogens with zero attached hydrogens (tertiary/aromatic N) is 1. The molecular formula is C21H14N2O7. The fourth-order valence-corrected chi connectivity index (χ4v) is 2.93. The van der Waals surface area contributed by atoms with Crippen molar-refractivity contribution in [3.63, 3.8) is 0 Å². The predicted octanol–water partition coefficient (Wildman–Crippen LogP) is 2.90. The zero-order valence-corrected chi connectivity index (χ0v) is 15.3. The molecular weight excluding hydrogens is 392 g/mol. The first-order valence-electron chi connectivity index (χ1n) is 8.77. The minimum absolute atomic E-state index is 0.0951. The number of hydrogen-bond acceptors (Lipinski definition) is 6. The number of benzene rings is 1. The Kier molecular flexibility index (Phi) is 4.77. The minimum Gasteiger partial charge on any atom is -0.478 e. The molecule has 9 nitrogen and oxygen atoms in total. The van der Waals surface area contributed by atoms with Gasteiger partial charge in [-0.05, 0) is 42.5 Å². The molecule has 3 aromatic rings. The molecule has 0 spiro atoms. The van der Waals surface area contributed by atoms with E-state index in [-0.39, 0.29) is 23.4 Å². The van der Waals surface area contributed by atoms with Crippen LogP contribution < -0.4 is 5.32 Å². The van der Waals surface area contributed by atoms with Crippen LogP contribution in [-0.4, -0.2) is 33.8 Å². The molecule has 2 N–H and O–H groups in total. The van der Waals surface area contributed by atoms with Crippen molar-refractivity contribution in [3.8, 4) is 11.3 Å². The van der Waals surface area contributed by atoms with Crippen molar-refractivity contribution in [1.29, 1.82) is 0 Å². The third-order valence-electron chi connectivity index (χ3n) is 4.39. The van der Waals surface area contributed by atoms with E-state index in [1.54, 1.807) is 30.3 Å². The van der Waals surface area contributed by atoms with E-state index in [0.29, 0.717) is 17.1 Å². The van der Waals surface area contributed by atoms with E-state index in [4.69, 9.17) is 13.9 Å². The van der Waals surface area contributed by atoms with Crippen LogP contribution in [0.25, 0.3) is 17.4 Å². The van der Waals surface area contributed by atoms with Crippen molar-refractivity contribution in [2.24, 2.45) is 0 Å². The van der Waals surface area contributed by atoms with Crippen LogP contribution >= 0.6 is 0 Å². The first-order chi connectivity index (χ1) is 14.4. The number of carboxylic acids is 1. The Morgan fingerprint density at radius 3 is 2.67 bits per heavy atom. The third kappa shape index (κ3) is 3.63. The van der Waals surface area contributed by atoms with Gasteiger partial charge in [0, 0.05) is 5.56 Å². The van der Waals surface area contributed by atoms with Crippen LogP contribution in [-0.2, 0) is 16.1 Å². The summed E-state index contributed by atoms with van der Waals surface area (Å²) in [6.07, 6.45) is 2.64. The summed E-state index contributed by atoms with van der Waals surface area (Å²) in [4.78, 5) is 48.9. The summed E-state index contributed by atoms with van der Waals surface area (Å²) >= 11 is 0. The van der Waals surface area contributed by atoms with Gasteiger partial charge in [-0.2, -0.15) is 0 Å². The van der Waals surface area contributed by atoms with Gasteiger partial charge in [0.25, 0.3) is 11.8 Å². The number of carbonyl (C=O) groups excluding carboxylic acids is 3. The summed E-state index contributed by atoms with van der Waals surface area (Å²) in [6, 6.07) is 11.6. The molecule has 4 amide bonds. The predicted molar refractivity (Wildman–Crippen MR) is 102 cm³/mol. The molecule has 0 atom stereocenters. The van der Waals surface area contributed by atoms with Crippen LogP contribution in [0.3, 0.4) is 0 Å². The Balaban J connectivity index is 1.61. The molecule has 0 radical (unpaired) electrons. The van der Waals surface area contributed by atoms with Gasteiger partial charge in [-0.3, -0.25) is 19.8 Å². The van der Waals surface area contributed by atoms with Crippen molar-refractivity contribution in [3.05, 3.63) is 77.5 Å². The summed E-state index contributed by atoms with van der Waals surface area (Å²) in [5, 5.41) is 11.2. The topological polar surface area (TPSA) is 130 Å². The van der Waals surface area contributed by atoms with Gasteiger partial charge in [-0.15, -0.1) is 0 Å². The van der Waals surface area contributed by atoms with Crippen LogP contribution in [0, 0.1) is 0 Å². The molecule has 4 rings (SSSR count). The highest BCUT2D eigenvalue weighted by Gasteiger charge is 2.36. The molecule has 1 fully saturated rings. The smallest absolute Gasteiger partial charge is 0.335 e. The minimum atomic E-state index is -1.07. The number of carbonyl (C=O) groups is 4. The van der Waals surface area contributed by atoms with Crippen LogP contribution in [0.15, 0.2) is 69.2 Å². The first-order valence-corrected chi connectivity index (χ1v) is 8.77. The second-order valence-electron chi connectivity index (χ2n) is 6.38. The van der Waals surface area contributed by atoms with Gasteiger partial charge in [0.2, 0.25) is 0 Å². The lowest BCUT2D eigenvalue weighted by molar-refractivity contribution is -0.130. The van der Waals surface area contributed by atoms with Crippen molar-refractivity contribution >= 4 is 29.9 Å². The molecule has 1 aliphatic rings. The number of aromatic carboxylic acids is 1. The Morgan fingerprint density at radius 1 is 1.10 bits per heavy atom. The molecule has 1 aromatic carbocycles. The van der Waals surface area contributed by atoms with Gasteiger partial charge in [0.1, 0.15) is 22.9 Å². The van der Waals surface area contributed by atoms with E-state index in [2.05, 4.69) is 5.32 Å². The lowest BCUT2D eigenvalue weighted by Gasteiger charge is -2.25. The van der Waals surface area contributed by atoms with Gasteiger partial charge in [0.15, 0.2) is 0 Å². The SMILES string of the molecule is O=C1NC(=O)N(Cc2ccco2)C(=O)/C1=C\c1ccc(-c2cccc(C(=O)O)c2)o1. The van der Waals surface area contributed by atoms with E-state index in [1.165, 1.54) is 30.5 Å². The Labute approximate surface area is 169 Å². The van der Waals surface area contributed by atoms with Crippen molar-refractivity contribution in [2.45, 2.75) is 6.54 Å². The highest BCUT2D eigenvalue weighted by Crippen LogP contribution is 2.25. The Hall–Kier alpha value is -4.40. The summed E-state index contributed by atoms with van der Waals surface area (Å²) < 4.78 is 10.8. The zero-order chi connectivity index (χ0) is 21.3. The highest BCUT2D eigenvalue weighted by atomic mass is 16.4. The summed E-state index contributed by atoms with van der Waals surface area (Å²) in [5.41, 5.74) is 0.340. The monoisotopic (exact) mass is 406 g/mol. The van der Waals surface area contributed by atoms with E-state index >= 15 is 0 Å². The van der Waals surface area contributed by atoms with Crippen LogP contribution in [0.5, 0.6) is 0 Å². The van der Waals surface area contributed by atoms with Gasteiger partial charge in [-0.1, -0.05) is 12.1 Å². The van der Waals surface area contributed by atoms with Crippen LogP contribution in [0.2, 0.25) is 0 Å². The molecule has 150 valence electrons. The first kappa shape index (κ1) is 18.9. The average Bonchev–Trinajstić information content (AvgIpc) is 3.40. The fraction of sp³-hybridized carbons (Fsp3) is 0.0476. The number of nitrogens with one attached hydrogen (secondary N) is 1. The molecule has 9 heteroatoms. The van der Waals surface area contributed by atoms with Crippen molar-refractivity contribution in [1.82, 2.24) is 10.2 Å². The van der Waals surface area contributed by atoms with Crippen LogP contribution in [0.4, 0.5) is 4.79 Å².